The van der Waals surface area contributed by atoms with Crippen LogP contribution in [0, 0.1) is 17.2 Å². The Kier molecular flexibility index (Phi) is 2.80. The van der Waals surface area contributed by atoms with Crippen molar-refractivity contribution in [3.8, 4) is 6.07 Å². The molecule has 2 aromatic rings. The van der Waals surface area contributed by atoms with Gasteiger partial charge in [0, 0.05) is 31.5 Å². The fourth-order valence-electron chi connectivity index (χ4n) is 2.58. The normalized spacial score (nSPS) is 22.7. The quantitative estimate of drug-likeness (QED) is 0.828. The van der Waals surface area contributed by atoms with Gasteiger partial charge >= 0.3 is 0 Å². The maximum Gasteiger partial charge on any atom is 0.113 e. The van der Waals surface area contributed by atoms with E-state index >= 15 is 0 Å². The summed E-state index contributed by atoms with van der Waals surface area (Å²) in [7, 11) is 0. The topological polar surface area (TPSA) is 78.8 Å². The number of benzene rings is 1. The molecule has 0 radical (unpaired) electrons. The molecule has 1 aromatic carbocycles. The van der Waals surface area contributed by atoms with Crippen molar-refractivity contribution in [2.75, 3.05) is 18.0 Å². The lowest BCUT2D eigenvalue weighted by molar-refractivity contribution is 0.566. The van der Waals surface area contributed by atoms with Crippen molar-refractivity contribution in [3.05, 3.63) is 30.1 Å². The second kappa shape index (κ2) is 4.48. The number of nitrogens with zero attached hydrogens (tertiary/aromatic N) is 4. The Morgan fingerprint density at radius 1 is 1.26 bits per heavy atom. The van der Waals surface area contributed by atoms with Crippen LogP contribution in [0.1, 0.15) is 12.5 Å². The van der Waals surface area contributed by atoms with Gasteiger partial charge in [-0.3, -0.25) is 9.97 Å². The first kappa shape index (κ1) is 11.9. The number of fused-ring (bicyclic) bond motifs is 1. The number of hydrogen-bond donors (Lipinski definition) is 1. The predicted octanol–water partition coefficient (Wildman–Crippen LogP) is 1.28. The first-order valence-electron chi connectivity index (χ1n) is 6.35. The van der Waals surface area contributed by atoms with Crippen molar-refractivity contribution in [2.45, 2.75) is 13.0 Å². The van der Waals surface area contributed by atoms with E-state index in [0.29, 0.717) is 17.0 Å². The molecule has 0 bridgehead atoms. The summed E-state index contributed by atoms with van der Waals surface area (Å²) in [6, 6.07) is 6.09. The minimum Gasteiger partial charge on any atom is -0.368 e. The van der Waals surface area contributed by atoms with E-state index in [4.69, 9.17) is 11.0 Å². The van der Waals surface area contributed by atoms with E-state index in [1.807, 2.05) is 6.07 Å². The Hall–Kier alpha value is -2.19. The van der Waals surface area contributed by atoms with Crippen LogP contribution in [-0.2, 0) is 0 Å². The molecule has 96 valence electrons. The molecule has 0 spiro atoms. The summed E-state index contributed by atoms with van der Waals surface area (Å²) in [5.74, 6) is 0.461. The van der Waals surface area contributed by atoms with Gasteiger partial charge in [-0.1, -0.05) is 6.92 Å². The molecule has 0 aliphatic carbocycles. The molecule has 1 aliphatic rings. The summed E-state index contributed by atoms with van der Waals surface area (Å²) in [5.41, 5.74) is 9.09. The number of nitrogens with two attached hydrogens (primary N) is 1. The van der Waals surface area contributed by atoms with E-state index in [9.17, 15) is 0 Å². The minimum atomic E-state index is 0.183. The highest BCUT2D eigenvalue weighted by molar-refractivity contribution is 5.92. The maximum absolute atomic E-state index is 9.12. The van der Waals surface area contributed by atoms with Crippen molar-refractivity contribution in [2.24, 2.45) is 11.7 Å². The Morgan fingerprint density at radius 3 is 2.63 bits per heavy atom. The summed E-state index contributed by atoms with van der Waals surface area (Å²) in [6.45, 7) is 3.89. The zero-order valence-corrected chi connectivity index (χ0v) is 10.7. The Labute approximate surface area is 111 Å². The molecule has 2 heterocycles. The van der Waals surface area contributed by atoms with Gasteiger partial charge in [-0.2, -0.15) is 5.26 Å². The molecule has 1 aromatic heterocycles. The third kappa shape index (κ3) is 1.90. The van der Waals surface area contributed by atoms with Gasteiger partial charge < -0.3 is 10.6 Å². The van der Waals surface area contributed by atoms with Gasteiger partial charge in [-0.15, -0.1) is 0 Å². The highest BCUT2D eigenvalue weighted by atomic mass is 15.2. The van der Waals surface area contributed by atoms with Gasteiger partial charge in [-0.05, 0) is 18.1 Å². The lowest BCUT2D eigenvalue weighted by Gasteiger charge is -2.19. The highest BCUT2D eigenvalue weighted by Crippen LogP contribution is 2.29. The smallest absolute Gasteiger partial charge is 0.113 e. The van der Waals surface area contributed by atoms with Crippen molar-refractivity contribution < 1.29 is 0 Å². The molecule has 0 saturated carbocycles. The Bertz CT molecular complexity index is 650. The molecule has 3 rings (SSSR count). The summed E-state index contributed by atoms with van der Waals surface area (Å²) in [6.07, 6.45) is 3.28. The van der Waals surface area contributed by atoms with Gasteiger partial charge in [0.1, 0.15) is 17.1 Å². The number of rotatable bonds is 1. The molecule has 0 amide bonds. The van der Waals surface area contributed by atoms with E-state index in [1.165, 1.54) is 0 Å². The molecule has 0 unspecified atom stereocenters. The summed E-state index contributed by atoms with van der Waals surface area (Å²) in [4.78, 5) is 10.9. The Morgan fingerprint density at radius 2 is 2.00 bits per heavy atom. The highest BCUT2D eigenvalue weighted by Gasteiger charge is 2.28. The fraction of sp³-hybridized carbons (Fsp3) is 0.357. The van der Waals surface area contributed by atoms with E-state index < -0.39 is 0 Å². The van der Waals surface area contributed by atoms with Crippen LogP contribution < -0.4 is 10.6 Å². The largest absolute Gasteiger partial charge is 0.368 e. The minimum absolute atomic E-state index is 0.183. The van der Waals surface area contributed by atoms with Crippen molar-refractivity contribution in [1.29, 1.82) is 5.26 Å². The molecule has 1 saturated heterocycles. The van der Waals surface area contributed by atoms with E-state index in [-0.39, 0.29) is 6.04 Å². The molecule has 19 heavy (non-hydrogen) atoms. The van der Waals surface area contributed by atoms with Crippen molar-refractivity contribution in [1.82, 2.24) is 9.97 Å². The van der Waals surface area contributed by atoms with Gasteiger partial charge in [0.2, 0.25) is 0 Å². The van der Waals surface area contributed by atoms with Crippen LogP contribution in [0.25, 0.3) is 11.0 Å². The third-order valence-electron chi connectivity index (χ3n) is 3.74. The van der Waals surface area contributed by atoms with Gasteiger partial charge in [0.25, 0.3) is 0 Å². The molecule has 1 fully saturated rings. The maximum atomic E-state index is 9.12. The molecule has 5 heteroatoms. The molecule has 1 aliphatic heterocycles. The van der Waals surface area contributed by atoms with E-state index in [2.05, 4.69) is 27.9 Å². The third-order valence-corrected chi connectivity index (χ3v) is 3.74. The lowest BCUT2D eigenvalue weighted by Crippen LogP contribution is -2.28. The van der Waals surface area contributed by atoms with Crippen LogP contribution in [0.15, 0.2) is 24.5 Å². The van der Waals surface area contributed by atoms with Crippen LogP contribution in [0.5, 0.6) is 0 Å². The number of anilines is 1. The zero-order chi connectivity index (χ0) is 13.4. The molecule has 5 nitrogen and oxygen atoms in total. The van der Waals surface area contributed by atoms with Gasteiger partial charge in [0.15, 0.2) is 0 Å². The van der Waals surface area contributed by atoms with Crippen molar-refractivity contribution >= 4 is 16.7 Å². The van der Waals surface area contributed by atoms with Crippen LogP contribution in [0.3, 0.4) is 0 Å². The zero-order valence-electron chi connectivity index (χ0n) is 10.7. The van der Waals surface area contributed by atoms with Gasteiger partial charge in [0.05, 0.1) is 11.3 Å². The summed E-state index contributed by atoms with van der Waals surface area (Å²) < 4.78 is 0. The molecular weight excluding hydrogens is 238 g/mol. The standard InChI is InChI=1S/C14H15N5/c1-9-7-19(8-11(9)16)12-3-2-10(6-15)13-14(12)18-5-4-17-13/h2-5,9,11H,7-8,16H2,1H3/t9-,11+/m1/s1. The molecular formula is C14H15N5. The van der Waals surface area contributed by atoms with Crippen LogP contribution >= 0.6 is 0 Å². The average Bonchev–Trinajstić information content (AvgIpc) is 2.77. The summed E-state index contributed by atoms with van der Waals surface area (Å²) in [5, 5.41) is 9.12. The Balaban J connectivity index is 2.13. The average molecular weight is 253 g/mol. The SMILES string of the molecule is C[C@@H]1CN(c2ccc(C#N)c3nccnc23)C[C@@H]1N. The predicted molar refractivity (Wildman–Crippen MR) is 73.6 cm³/mol. The molecule has 2 atom stereocenters. The lowest BCUT2D eigenvalue weighted by atomic mass is 10.1. The first-order valence-corrected chi connectivity index (χ1v) is 6.35. The second-order valence-corrected chi connectivity index (χ2v) is 5.04. The fourth-order valence-corrected chi connectivity index (χ4v) is 2.58. The molecule has 2 N–H and O–H groups in total. The number of aromatic nitrogens is 2. The number of nitriles is 1. The first-order chi connectivity index (χ1) is 9.20. The second-order valence-electron chi connectivity index (χ2n) is 5.04. The summed E-state index contributed by atoms with van der Waals surface area (Å²) >= 11 is 0. The number of hydrogen-bond acceptors (Lipinski definition) is 5. The van der Waals surface area contributed by atoms with Gasteiger partial charge in [-0.25, -0.2) is 0 Å². The van der Waals surface area contributed by atoms with Crippen LogP contribution in [0.2, 0.25) is 0 Å². The van der Waals surface area contributed by atoms with Crippen molar-refractivity contribution in [3.63, 3.8) is 0 Å². The van der Waals surface area contributed by atoms with Crippen LogP contribution in [-0.4, -0.2) is 29.1 Å². The van der Waals surface area contributed by atoms with E-state index in [1.54, 1.807) is 18.5 Å². The van der Waals surface area contributed by atoms with Crippen LogP contribution in [0.4, 0.5) is 5.69 Å². The monoisotopic (exact) mass is 253 g/mol. The van der Waals surface area contributed by atoms with E-state index in [0.717, 1.165) is 24.3 Å².